The molecule has 0 radical (unpaired) electrons. The van der Waals surface area contributed by atoms with E-state index in [4.69, 9.17) is 4.74 Å². The SMILES string of the molecule is COc1cccc(CN/C=C(/C#N)C(=O)Nc2cccc3c(O)cccc23)c1. The molecule has 3 aromatic carbocycles. The number of phenols is 1. The van der Waals surface area contributed by atoms with Crippen molar-refractivity contribution in [3.05, 3.63) is 78.0 Å². The van der Waals surface area contributed by atoms with E-state index >= 15 is 0 Å². The molecule has 6 heteroatoms. The number of rotatable bonds is 6. The lowest BCUT2D eigenvalue weighted by Crippen LogP contribution is -2.16. The first kappa shape index (κ1) is 18.8. The molecular formula is C22H19N3O3. The minimum atomic E-state index is -0.531. The van der Waals surface area contributed by atoms with Gasteiger partial charge in [0, 0.05) is 29.2 Å². The second-order valence-electron chi connectivity index (χ2n) is 6.03. The minimum Gasteiger partial charge on any atom is -0.507 e. The summed E-state index contributed by atoms with van der Waals surface area (Å²) in [4.78, 5) is 12.5. The molecule has 0 aromatic heterocycles. The number of hydrogen-bond donors (Lipinski definition) is 3. The highest BCUT2D eigenvalue weighted by Crippen LogP contribution is 2.29. The summed E-state index contributed by atoms with van der Waals surface area (Å²) >= 11 is 0. The van der Waals surface area contributed by atoms with Crippen molar-refractivity contribution < 1.29 is 14.6 Å². The Morgan fingerprint density at radius 1 is 1.14 bits per heavy atom. The molecule has 0 unspecified atom stereocenters. The number of ether oxygens (including phenoxy) is 1. The van der Waals surface area contributed by atoms with Crippen molar-refractivity contribution in [3.63, 3.8) is 0 Å². The largest absolute Gasteiger partial charge is 0.507 e. The molecule has 1 amide bonds. The summed E-state index contributed by atoms with van der Waals surface area (Å²) in [5, 5.41) is 26.3. The van der Waals surface area contributed by atoms with Gasteiger partial charge in [0.2, 0.25) is 0 Å². The van der Waals surface area contributed by atoms with Gasteiger partial charge < -0.3 is 20.5 Å². The molecule has 6 nitrogen and oxygen atoms in total. The summed E-state index contributed by atoms with van der Waals surface area (Å²) in [5.74, 6) is 0.335. The fourth-order valence-electron chi connectivity index (χ4n) is 2.79. The summed E-state index contributed by atoms with van der Waals surface area (Å²) in [7, 11) is 1.59. The Hall–Kier alpha value is -3.98. The molecule has 0 aliphatic carbocycles. The first-order chi connectivity index (χ1) is 13.6. The summed E-state index contributed by atoms with van der Waals surface area (Å²) in [6, 6.07) is 19.7. The van der Waals surface area contributed by atoms with Crippen molar-refractivity contribution in [1.82, 2.24) is 5.32 Å². The van der Waals surface area contributed by atoms with E-state index in [1.807, 2.05) is 30.3 Å². The molecule has 0 saturated heterocycles. The van der Waals surface area contributed by atoms with Crippen LogP contribution in [0.5, 0.6) is 11.5 Å². The molecule has 0 aliphatic rings. The van der Waals surface area contributed by atoms with Crippen LogP contribution in [0.25, 0.3) is 10.8 Å². The number of methoxy groups -OCH3 is 1. The van der Waals surface area contributed by atoms with Gasteiger partial charge in [0.1, 0.15) is 23.1 Å². The molecule has 0 aliphatic heterocycles. The van der Waals surface area contributed by atoms with E-state index in [1.165, 1.54) is 6.20 Å². The molecule has 0 bridgehead atoms. The highest BCUT2D eigenvalue weighted by Gasteiger charge is 2.12. The van der Waals surface area contributed by atoms with Gasteiger partial charge in [-0.15, -0.1) is 0 Å². The molecule has 0 spiro atoms. The predicted octanol–water partition coefficient (Wildman–Crippen LogP) is 3.69. The zero-order valence-electron chi connectivity index (χ0n) is 15.3. The standard InChI is InChI=1S/C22H19N3O3/c1-28-17-6-2-5-15(11-17)13-24-14-16(12-23)22(27)25-20-9-3-8-19-18(20)7-4-10-21(19)26/h2-11,14,24,26H,13H2,1H3,(H,25,27)/b16-14-. The van der Waals surface area contributed by atoms with Crippen molar-refractivity contribution in [3.8, 4) is 17.6 Å². The molecule has 140 valence electrons. The van der Waals surface area contributed by atoms with Gasteiger partial charge in [0.05, 0.1) is 7.11 Å². The van der Waals surface area contributed by atoms with Crippen LogP contribution in [0, 0.1) is 11.3 Å². The number of hydrogen-bond acceptors (Lipinski definition) is 5. The minimum absolute atomic E-state index is 0.0555. The monoisotopic (exact) mass is 373 g/mol. The van der Waals surface area contributed by atoms with Crippen molar-refractivity contribution in [2.45, 2.75) is 6.54 Å². The van der Waals surface area contributed by atoms with Crippen LogP contribution in [0.3, 0.4) is 0 Å². The van der Waals surface area contributed by atoms with Gasteiger partial charge in [-0.25, -0.2) is 0 Å². The van der Waals surface area contributed by atoms with E-state index < -0.39 is 5.91 Å². The molecule has 0 saturated carbocycles. The quantitative estimate of drug-likeness (QED) is 0.452. The Morgan fingerprint density at radius 3 is 2.68 bits per heavy atom. The van der Waals surface area contributed by atoms with Gasteiger partial charge in [-0.2, -0.15) is 5.26 Å². The summed E-state index contributed by atoms with van der Waals surface area (Å²) in [6.07, 6.45) is 1.39. The zero-order chi connectivity index (χ0) is 19.9. The number of benzene rings is 3. The average molecular weight is 373 g/mol. The molecular weight excluding hydrogens is 354 g/mol. The van der Waals surface area contributed by atoms with E-state index in [9.17, 15) is 15.2 Å². The van der Waals surface area contributed by atoms with Crippen LogP contribution in [0.15, 0.2) is 72.4 Å². The van der Waals surface area contributed by atoms with Gasteiger partial charge >= 0.3 is 0 Å². The average Bonchev–Trinajstić information content (AvgIpc) is 2.72. The Labute approximate surface area is 162 Å². The maximum Gasteiger partial charge on any atom is 0.267 e. The smallest absolute Gasteiger partial charge is 0.267 e. The number of phenolic OH excluding ortho intramolecular Hbond substituents is 1. The number of carbonyl (C=O) groups is 1. The van der Waals surface area contributed by atoms with Crippen LogP contribution in [0.2, 0.25) is 0 Å². The lowest BCUT2D eigenvalue weighted by molar-refractivity contribution is -0.112. The predicted molar refractivity (Wildman–Crippen MR) is 108 cm³/mol. The number of fused-ring (bicyclic) bond motifs is 1. The number of nitriles is 1. The fourth-order valence-corrected chi connectivity index (χ4v) is 2.79. The van der Waals surface area contributed by atoms with Crippen molar-refractivity contribution in [2.24, 2.45) is 0 Å². The Bertz CT molecular complexity index is 1080. The number of nitrogens with zero attached hydrogens (tertiary/aromatic N) is 1. The maximum atomic E-state index is 12.5. The van der Waals surface area contributed by atoms with E-state index in [2.05, 4.69) is 10.6 Å². The number of carbonyl (C=O) groups excluding carboxylic acids is 1. The van der Waals surface area contributed by atoms with Crippen LogP contribution in [-0.4, -0.2) is 18.1 Å². The molecule has 3 rings (SSSR count). The topological polar surface area (TPSA) is 94.4 Å². The first-order valence-electron chi connectivity index (χ1n) is 8.61. The fraction of sp³-hybridized carbons (Fsp3) is 0.0909. The summed E-state index contributed by atoms with van der Waals surface area (Å²) < 4.78 is 5.17. The third-order valence-electron chi connectivity index (χ3n) is 4.20. The number of anilines is 1. The number of nitrogens with one attached hydrogen (secondary N) is 2. The molecule has 3 N–H and O–H groups in total. The Morgan fingerprint density at radius 2 is 1.89 bits per heavy atom. The van der Waals surface area contributed by atoms with Crippen LogP contribution in [0.1, 0.15) is 5.56 Å². The second kappa shape index (κ2) is 8.60. The summed E-state index contributed by atoms with van der Waals surface area (Å²) in [6.45, 7) is 0.442. The third-order valence-corrected chi connectivity index (χ3v) is 4.20. The highest BCUT2D eigenvalue weighted by molar-refractivity contribution is 6.11. The second-order valence-corrected chi connectivity index (χ2v) is 6.03. The third kappa shape index (κ3) is 4.22. The zero-order valence-corrected chi connectivity index (χ0v) is 15.3. The number of aromatic hydroxyl groups is 1. The Kier molecular flexibility index (Phi) is 5.78. The van der Waals surface area contributed by atoms with Crippen molar-refractivity contribution in [1.29, 1.82) is 5.26 Å². The first-order valence-corrected chi connectivity index (χ1v) is 8.61. The van der Waals surface area contributed by atoms with Crippen LogP contribution in [-0.2, 0) is 11.3 Å². The normalized spacial score (nSPS) is 10.9. The molecule has 28 heavy (non-hydrogen) atoms. The van der Waals surface area contributed by atoms with Gasteiger partial charge in [0.25, 0.3) is 5.91 Å². The molecule has 0 fully saturated rings. The van der Waals surface area contributed by atoms with Gasteiger partial charge in [-0.05, 0) is 29.8 Å². The molecule has 3 aromatic rings. The summed E-state index contributed by atoms with van der Waals surface area (Å²) in [5.41, 5.74) is 1.42. The lowest BCUT2D eigenvalue weighted by Gasteiger charge is -2.09. The van der Waals surface area contributed by atoms with Crippen LogP contribution < -0.4 is 15.4 Å². The van der Waals surface area contributed by atoms with Crippen LogP contribution in [0.4, 0.5) is 5.69 Å². The van der Waals surface area contributed by atoms with E-state index in [0.29, 0.717) is 23.0 Å². The lowest BCUT2D eigenvalue weighted by atomic mass is 10.1. The van der Waals surface area contributed by atoms with E-state index in [-0.39, 0.29) is 11.3 Å². The molecule has 0 atom stereocenters. The van der Waals surface area contributed by atoms with Crippen molar-refractivity contribution in [2.75, 3.05) is 12.4 Å². The molecule has 0 heterocycles. The van der Waals surface area contributed by atoms with Crippen LogP contribution >= 0.6 is 0 Å². The van der Waals surface area contributed by atoms with Gasteiger partial charge in [0.15, 0.2) is 0 Å². The number of amides is 1. The van der Waals surface area contributed by atoms with Crippen molar-refractivity contribution >= 4 is 22.4 Å². The Balaban J connectivity index is 1.72. The van der Waals surface area contributed by atoms with Gasteiger partial charge in [-0.1, -0.05) is 36.4 Å². The van der Waals surface area contributed by atoms with E-state index in [1.54, 1.807) is 43.5 Å². The van der Waals surface area contributed by atoms with Gasteiger partial charge in [-0.3, -0.25) is 4.79 Å². The highest BCUT2D eigenvalue weighted by atomic mass is 16.5. The van der Waals surface area contributed by atoms with E-state index in [0.717, 1.165) is 11.3 Å². The maximum absolute atomic E-state index is 12.5.